The maximum atomic E-state index is 11.5. The molecule has 15 heavy (non-hydrogen) atoms. The van der Waals surface area contributed by atoms with Crippen molar-refractivity contribution in [1.29, 1.82) is 0 Å². The highest BCUT2D eigenvalue weighted by Crippen LogP contribution is 2.19. The van der Waals surface area contributed by atoms with E-state index in [1.807, 2.05) is 0 Å². The molecule has 82 valence electrons. The first-order valence-electron chi connectivity index (χ1n) is 4.29. The highest BCUT2D eigenvalue weighted by molar-refractivity contribution is 7.90. The van der Waals surface area contributed by atoms with Crippen molar-refractivity contribution in [2.45, 2.75) is 12.2 Å². The van der Waals surface area contributed by atoms with Crippen LogP contribution in [0.3, 0.4) is 0 Å². The maximum Gasteiger partial charge on any atom is 0.325 e. The van der Waals surface area contributed by atoms with Crippen LogP contribution in [0.2, 0.25) is 0 Å². The molecule has 5 nitrogen and oxygen atoms in total. The third kappa shape index (κ3) is 2.95. The minimum atomic E-state index is -3.74. The molecule has 0 spiro atoms. The van der Waals surface area contributed by atoms with E-state index in [2.05, 4.69) is 0 Å². The minimum Gasteiger partial charge on any atom is -0.351 e. The van der Waals surface area contributed by atoms with E-state index in [1.165, 1.54) is 6.92 Å². The van der Waals surface area contributed by atoms with Crippen LogP contribution in [0.5, 0.6) is 0 Å². The molecule has 0 heterocycles. The Labute approximate surface area is 88.3 Å². The van der Waals surface area contributed by atoms with Gasteiger partial charge in [-0.05, 0) is 12.5 Å². The molecule has 0 radical (unpaired) electrons. The molecule has 1 rings (SSSR count). The zero-order valence-electron chi connectivity index (χ0n) is 8.17. The van der Waals surface area contributed by atoms with Crippen molar-refractivity contribution in [3.8, 4) is 0 Å². The molecule has 0 bridgehead atoms. The Morgan fingerprint density at radius 1 is 1.33 bits per heavy atom. The van der Waals surface area contributed by atoms with E-state index in [9.17, 15) is 13.2 Å². The van der Waals surface area contributed by atoms with Crippen molar-refractivity contribution in [2.24, 2.45) is 5.73 Å². The summed E-state index contributed by atoms with van der Waals surface area (Å²) in [5, 5.41) is -0.814. The van der Waals surface area contributed by atoms with Crippen molar-refractivity contribution in [2.75, 3.05) is 0 Å². The average molecular weight is 228 g/mol. The zero-order valence-corrected chi connectivity index (χ0v) is 8.99. The predicted molar refractivity (Wildman–Crippen MR) is 56.5 cm³/mol. The SMILES string of the molecule is CC(c1ccccc1)S(=O)(=O)NC(N)=O. The second-order valence-corrected chi connectivity index (χ2v) is 5.07. The molecule has 1 unspecified atom stereocenters. The number of carbonyl (C=O) groups excluding carboxylic acids is 1. The largest absolute Gasteiger partial charge is 0.351 e. The lowest BCUT2D eigenvalue weighted by atomic mass is 10.2. The molecule has 3 N–H and O–H groups in total. The standard InChI is InChI=1S/C9H12N2O3S/c1-7(8-5-3-2-4-6-8)15(13,14)11-9(10)12/h2-7H,1H3,(H3,10,11,12). The Hall–Kier alpha value is -1.56. The van der Waals surface area contributed by atoms with Crippen LogP contribution in [0.25, 0.3) is 0 Å². The van der Waals surface area contributed by atoms with E-state index in [0.29, 0.717) is 5.56 Å². The fourth-order valence-corrected chi connectivity index (χ4v) is 2.10. The van der Waals surface area contributed by atoms with Gasteiger partial charge in [0, 0.05) is 0 Å². The predicted octanol–water partition coefficient (Wildman–Crippen LogP) is 0.746. The molecule has 0 saturated carbocycles. The molecule has 6 heteroatoms. The third-order valence-electron chi connectivity index (χ3n) is 1.98. The summed E-state index contributed by atoms with van der Waals surface area (Å²) in [6.45, 7) is 1.49. The summed E-state index contributed by atoms with van der Waals surface area (Å²) in [6, 6.07) is 7.51. The molecule has 0 aliphatic rings. The third-order valence-corrected chi connectivity index (χ3v) is 3.67. The van der Waals surface area contributed by atoms with Gasteiger partial charge in [-0.1, -0.05) is 30.3 Å². The van der Waals surface area contributed by atoms with Gasteiger partial charge in [-0.2, -0.15) is 0 Å². The molecule has 1 aromatic carbocycles. The second kappa shape index (κ2) is 4.31. The lowest BCUT2D eigenvalue weighted by Gasteiger charge is -2.12. The van der Waals surface area contributed by atoms with Gasteiger partial charge in [-0.25, -0.2) is 17.9 Å². The Morgan fingerprint density at radius 3 is 2.33 bits per heavy atom. The van der Waals surface area contributed by atoms with Gasteiger partial charge in [0.25, 0.3) is 0 Å². The zero-order chi connectivity index (χ0) is 11.5. The second-order valence-electron chi connectivity index (χ2n) is 3.06. The summed E-state index contributed by atoms with van der Waals surface area (Å²) in [7, 11) is -3.74. The van der Waals surface area contributed by atoms with Crippen LogP contribution in [-0.2, 0) is 10.0 Å². The van der Waals surface area contributed by atoms with Crippen LogP contribution >= 0.6 is 0 Å². The van der Waals surface area contributed by atoms with Gasteiger partial charge in [-0.3, -0.25) is 0 Å². The van der Waals surface area contributed by atoms with Crippen LogP contribution in [0.15, 0.2) is 30.3 Å². The quantitative estimate of drug-likeness (QED) is 0.799. The van der Waals surface area contributed by atoms with Gasteiger partial charge in [-0.15, -0.1) is 0 Å². The minimum absolute atomic E-state index is 0.603. The number of nitrogens with one attached hydrogen (secondary N) is 1. The van der Waals surface area contributed by atoms with Crippen LogP contribution in [0, 0.1) is 0 Å². The van der Waals surface area contributed by atoms with Gasteiger partial charge < -0.3 is 5.73 Å². The van der Waals surface area contributed by atoms with E-state index in [4.69, 9.17) is 5.73 Å². The fraction of sp³-hybridized carbons (Fsp3) is 0.222. The lowest BCUT2D eigenvalue weighted by molar-refractivity contribution is 0.253. The summed E-state index contributed by atoms with van der Waals surface area (Å²) in [5.41, 5.74) is 5.37. The van der Waals surface area contributed by atoms with Crippen molar-refractivity contribution < 1.29 is 13.2 Å². The molecule has 1 aromatic rings. The summed E-state index contributed by atoms with van der Waals surface area (Å²) < 4.78 is 24.8. The van der Waals surface area contributed by atoms with Crippen molar-refractivity contribution in [3.05, 3.63) is 35.9 Å². The molecular weight excluding hydrogens is 216 g/mol. The van der Waals surface area contributed by atoms with Gasteiger partial charge in [0.15, 0.2) is 0 Å². The number of hydrogen-bond donors (Lipinski definition) is 2. The first kappa shape index (κ1) is 11.5. The van der Waals surface area contributed by atoms with Crippen molar-refractivity contribution >= 4 is 16.1 Å². The van der Waals surface area contributed by atoms with E-state index in [1.54, 1.807) is 35.1 Å². The van der Waals surface area contributed by atoms with Gasteiger partial charge in [0.2, 0.25) is 10.0 Å². The van der Waals surface area contributed by atoms with Crippen molar-refractivity contribution in [3.63, 3.8) is 0 Å². The number of nitrogens with two attached hydrogens (primary N) is 1. The monoisotopic (exact) mass is 228 g/mol. The molecule has 0 aliphatic heterocycles. The normalized spacial score (nSPS) is 13.1. The molecule has 0 aromatic heterocycles. The number of rotatable bonds is 3. The number of hydrogen-bond acceptors (Lipinski definition) is 3. The average Bonchev–Trinajstić information content (AvgIpc) is 2.16. The van der Waals surface area contributed by atoms with Gasteiger partial charge >= 0.3 is 6.03 Å². The van der Waals surface area contributed by atoms with Crippen LogP contribution in [0.1, 0.15) is 17.7 Å². The van der Waals surface area contributed by atoms with Crippen LogP contribution < -0.4 is 10.5 Å². The van der Waals surface area contributed by atoms with Crippen LogP contribution in [-0.4, -0.2) is 14.4 Å². The summed E-state index contributed by atoms with van der Waals surface area (Å²) in [5.74, 6) is 0. The molecular formula is C9H12N2O3S. The fourth-order valence-electron chi connectivity index (χ4n) is 1.13. The number of amides is 2. The van der Waals surface area contributed by atoms with E-state index in [0.717, 1.165) is 0 Å². The van der Waals surface area contributed by atoms with Gasteiger partial charge in [0.1, 0.15) is 5.25 Å². The molecule has 2 amide bonds. The Morgan fingerprint density at radius 2 is 1.87 bits per heavy atom. The number of urea groups is 1. The summed E-state index contributed by atoms with van der Waals surface area (Å²) >= 11 is 0. The Balaban J connectivity index is 2.95. The topological polar surface area (TPSA) is 89.3 Å². The number of carbonyl (C=O) groups is 1. The molecule has 1 atom stereocenters. The maximum absolute atomic E-state index is 11.5. The Bertz CT molecular complexity index is 442. The van der Waals surface area contributed by atoms with Gasteiger partial charge in [0.05, 0.1) is 0 Å². The van der Waals surface area contributed by atoms with Crippen LogP contribution in [0.4, 0.5) is 4.79 Å². The Kier molecular flexibility index (Phi) is 3.31. The highest BCUT2D eigenvalue weighted by Gasteiger charge is 2.23. The number of primary amides is 1. The highest BCUT2D eigenvalue weighted by atomic mass is 32.2. The number of benzene rings is 1. The first-order chi connectivity index (χ1) is 6.93. The molecule has 0 aliphatic carbocycles. The smallest absolute Gasteiger partial charge is 0.325 e. The lowest BCUT2D eigenvalue weighted by Crippen LogP contribution is -2.37. The number of sulfonamides is 1. The first-order valence-corrected chi connectivity index (χ1v) is 5.84. The summed E-state index contributed by atoms with van der Waals surface area (Å²) in [6.07, 6.45) is 0. The van der Waals surface area contributed by atoms with Crippen molar-refractivity contribution in [1.82, 2.24) is 4.72 Å². The van der Waals surface area contributed by atoms with E-state index in [-0.39, 0.29) is 0 Å². The summed E-state index contributed by atoms with van der Waals surface area (Å²) in [4.78, 5) is 10.5. The van der Waals surface area contributed by atoms with E-state index < -0.39 is 21.3 Å². The van der Waals surface area contributed by atoms with E-state index >= 15 is 0 Å². The molecule has 0 fully saturated rings. The molecule has 0 saturated heterocycles.